The van der Waals surface area contributed by atoms with Gasteiger partial charge >= 0.3 is 0 Å². The first-order valence-corrected chi connectivity index (χ1v) is 3.81. The van der Waals surface area contributed by atoms with Gasteiger partial charge in [-0.15, -0.1) is 23.2 Å². The van der Waals surface area contributed by atoms with Crippen molar-refractivity contribution in [2.75, 3.05) is 12.0 Å². The number of hydrogen-bond acceptors (Lipinski definition) is 1. The Labute approximate surface area is 52.2 Å². The summed E-state index contributed by atoms with van der Waals surface area (Å²) >= 11 is 12.3. The molecule has 0 aromatic rings. The van der Waals surface area contributed by atoms with Gasteiger partial charge in [0.2, 0.25) is 0 Å². The topological polar surface area (TPSA) is 0 Å². The molecule has 0 aromatic carbocycles. The van der Waals surface area contributed by atoms with Gasteiger partial charge in [-0.2, -0.15) is 11.8 Å². The Kier molecular flexibility index (Phi) is 4.73. The average Bonchev–Trinajstić information content (AvgIpc) is 1.35. The molecule has 0 saturated heterocycles. The number of halogens is 2. The van der Waals surface area contributed by atoms with Crippen LogP contribution < -0.4 is 0 Å². The first kappa shape index (κ1) is 6.93. The summed E-state index contributed by atoms with van der Waals surface area (Å²) in [5, 5.41) is 0. The molecule has 38 valence electrons. The van der Waals surface area contributed by atoms with Gasteiger partial charge in [-0.05, 0) is 6.26 Å². The molecule has 0 aliphatic heterocycles. The fraction of sp³-hybridized carbons (Fsp3) is 1.00. The highest BCUT2D eigenvalue weighted by molar-refractivity contribution is 7.98. The summed E-state index contributed by atoms with van der Waals surface area (Å²) in [5.74, 6) is 0.823. The maximum atomic E-state index is 5.32. The van der Waals surface area contributed by atoms with Crippen LogP contribution in [0.4, 0.5) is 0 Å². The summed E-state index contributed by atoms with van der Waals surface area (Å²) < 4.78 is 0. The Bertz CT molecular complexity index is 30.0. The van der Waals surface area contributed by atoms with Gasteiger partial charge in [-0.3, -0.25) is 0 Å². The SMILES string of the molecule is CSCC(Cl)Cl. The van der Waals surface area contributed by atoms with Crippen molar-refractivity contribution >= 4 is 35.0 Å². The number of thioether (sulfide) groups is 1. The summed E-state index contributed by atoms with van der Waals surface area (Å²) in [4.78, 5) is -0.194. The minimum absolute atomic E-state index is 0.194. The van der Waals surface area contributed by atoms with Crippen molar-refractivity contribution in [2.45, 2.75) is 4.84 Å². The second kappa shape index (κ2) is 4.10. The van der Waals surface area contributed by atoms with E-state index >= 15 is 0 Å². The Morgan fingerprint density at radius 1 is 1.67 bits per heavy atom. The van der Waals surface area contributed by atoms with Crippen molar-refractivity contribution in [3.63, 3.8) is 0 Å². The fourth-order valence-corrected chi connectivity index (χ4v) is 1.13. The standard InChI is InChI=1S/C3H6Cl2S/c1-6-2-3(4)5/h3H,2H2,1H3. The molecule has 0 unspecified atom stereocenters. The molecule has 0 heterocycles. The molecule has 0 amide bonds. The molecule has 0 radical (unpaired) electrons. The summed E-state index contributed by atoms with van der Waals surface area (Å²) in [7, 11) is 0. The van der Waals surface area contributed by atoms with Crippen LogP contribution in [0.2, 0.25) is 0 Å². The lowest BCUT2D eigenvalue weighted by Gasteiger charge is -1.90. The highest BCUT2D eigenvalue weighted by atomic mass is 35.5. The average molecular weight is 145 g/mol. The zero-order chi connectivity index (χ0) is 4.99. The monoisotopic (exact) mass is 144 g/mol. The van der Waals surface area contributed by atoms with Crippen molar-refractivity contribution in [2.24, 2.45) is 0 Å². The molecule has 0 bridgehead atoms. The second-order valence-electron chi connectivity index (χ2n) is 0.846. The number of rotatable bonds is 2. The zero-order valence-electron chi connectivity index (χ0n) is 3.45. The van der Waals surface area contributed by atoms with Crippen LogP contribution >= 0.6 is 35.0 Å². The molecule has 0 saturated carbocycles. The molecule has 0 fully saturated rings. The minimum atomic E-state index is -0.194. The van der Waals surface area contributed by atoms with E-state index in [9.17, 15) is 0 Å². The van der Waals surface area contributed by atoms with Gasteiger partial charge in [0.15, 0.2) is 0 Å². The summed E-state index contributed by atoms with van der Waals surface area (Å²) in [5.41, 5.74) is 0. The van der Waals surface area contributed by atoms with Crippen LogP contribution in [0.25, 0.3) is 0 Å². The molecular weight excluding hydrogens is 139 g/mol. The van der Waals surface area contributed by atoms with E-state index in [1.54, 1.807) is 11.8 Å². The second-order valence-corrected chi connectivity index (χ2v) is 3.03. The molecule has 0 aliphatic carbocycles. The molecule has 0 aromatic heterocycles. The Morgan fingerprint density at radius 3 is 2.17 bits per heavy atom. The third-order valence-corrected chi connectivity index (χ3v) is 1.63. The summed E-state index contributed by atoms with van der Waals surface area (Å²) in [6.45, 7) is 0. The van der Waals surface area contributed by atoms with Crippen LogP contribution in [-0.4, -0.2) is 16.8 Å². The van der Waals surface area contributed by atoms with Crippen LogP contribution in [0.5, 0.6) is 0 Å². The van der Waals surface area contributed by atoms with Crippen LogP contribution in [0.15, 0.2) is 0 Å². The summed E-state index contributed by atoms with van der Waals surface area (Å²) in [6.07, 6.45) is 1.97. The van der Waals surface area contributed by atoms with E-state index in [1.165, 1.54) is 0 Å². The Hall–Kier alpha value is 0.930. The first-order valence-electron chi connectivity index (χ1n) is 1.54. The zero-order valence-corrected chi connectivity index (χ0v) is 5.78. The van der Waals surface area contributed by atoms with Crippen molar-refractivity contribution in [1.82, 2.24) is 0 Å². The third-order valence-electron chi connectivity index (χ3n) is 0.293. The summed E-state index contributed by atoms with van der Waals surface area (Å²) in [6, 6.07) is 0. The first-order chi connectivity index (χ1) is 2.77. The van der Waals surface area contributed by atoms with E-state index in [1.807, 2.05) is 6.26 Å². The van der Waals surface area contributed by atoms with E-state index in [0.717, 1.165) is 5.75 Å². The molecule has 0 spiro atoms. The largest absolute Gasteiger partial charge is 0.163 e. The van der Waals surface area contributed by atoms with Crippen molar-refractivity contribution in [3.05, 3.63) is 0 Å². The predicted molar refractivity (Wildman–Crippen MR) is 33.9 cm³/mol. The highest BCUT2D eigenvalue weighted by Gasteiger charge is 1.91. The molecule has 6 heavy (non-hydrogen) atoms. The molecule has 0 N–H and O–H groups in total. The van der Waals surface area contributed by atoms with Crippen molar-refractivity contribution in [3.8, 4) is 0 Å². The fourth-order valence-electron chi connectivity index (χ4n) is 0.126. The predicted octanol–water partition coefficient (Wildman–Crippen LogP) is 2.15. The van der Waals surface area contributed by atoms with Crippen molar-refractivity contribution < 1.29 is 0 Å². The molecule has 0 aliphatic rings. The van der Waals surface area contributed by atoms with E-state index in [0.29, 0.717) is 0 Å². The van der Waals surface area contributed by atoms with Crippen LogP contribution in [0, 0.1) is 0 Å². The maximum absolute atomic E-state index is 5.32. The number of hydrogen-bond donors (Lipinski definition) is 0. The van der Waals surface area contributed by atoms with E-state index in [4.69, 9.17) is 23.2 Å². The van der Waals surface area contributed by atoms with Gasteiger partial charge in [0.05, 0.1) is 0 Å². The molecular formula is C3H6Cl2S. The van der Waals surface area contributed by atoms with Gasteiger partial charge in [-0.1, -0.05) is 0 Å². The van der Waals surface area contributed by atoms with Gasteiger partial charge in [-0.25, -0.2) is 0 Å². The third kappa shape index (κ3) is 4.93. The van der Waals surface area contributed by atoms with Crippen LogP contribution in [0.1, 0.15) is 0 Å². The van der Waals surface area contributed by atoms with Crippen LogP contribution in [0.3, 0.4) is 0 Å². The Morgan fingerprint density at radius 2 is 2.17 bits per heavy atom. The smallest absolute Gasteiger partial charge is 0.116 e. The maximum Gasteiger partial charge on any atom is 0.116 e. The minimum Gasteiger partial charge on any atom is -0.163 e. The van der Waals surface area contributed by atoms with Gasteiger partial charge in [0.25, 0.3) is 0 Å². The lowest BCUT2D eigenvalue weighted by molar-refractivity contribution is 1.41. The quantitative estimate of drug-likeness (QED) is 0.536. The van der Waals surface area contributed by atoms with Gasteiger partial charge < -0.3 is 0 Å². The lowest BCUT2D eigenvalue weighted by Crippen LogP contribution is -1.86. The van der Waals surface area contributed by atoms with Gasteiger partial charge in [0.1, 0.15) is 4.84 Å². The van der Waals surface area contributed by atoms with E-state index in [2.05, 4.69) is 0 Å². The molecule has 3 heteroatoms. The highest BCUT2D eigenvalue weighted by Crippen LogP contribution is 2.06. The van der Waals surface area contributed by atoms with E-state index < -0.39 is 0 Å². The van der Waals surface area contributed by atoms with Gasteiger partial charge in [0, 0.05) is 5.75 Å². The van der Waals surface area contributed by atoms with E-state index in [-0.39, 0.29) is 4.84 Å². The van der Waals surface area contributed by atoms with Crippen molar-refractivity contribution in [1.29, 1.82) is 0 Å². The van der Waals surface area contributed by atoms with Crippen LogP contribution in [-0.2, 0) is 0 Å². The Balaban J connectivity index is 2.63. The normalized spacial score (nSPS) is 10.0. The molecule has 0 atom stereocenters. The molecule has 0 nitrogen and oxygen atoms in total. The lowest BCUT2D eigenvalue weighted by atomic mass is 10.9. The molecule has 0 rings (SSSR count). The number of alkyl halides is 2.